The second kappa shape index (κ2) is 16.2. The van der Waals surface area contributed by atoms with Crippen LogP contribution in [-0.4, -0.2) is 44.3 Å². The minimum absolute atomic E-state index is 0.0974. The maximum absolute atomic E-state index is 14.7. The number of carbonyl (C=O) groups is 2. The molecule has 0 aliphatic heterocycles. The minimum Gasteiger partial charge on any atom is -0.354 e. The van der Waals surface area contributed by atoms with E-state index >= 15 is 0 Å². The van der Waals surface area contributed by atoms with E-state index in [1.807, 2.05) is 87.5 Å². The summed E-state index contributed by atoms with van der Waals surface area (Å²) >= 11 is 0. The van der Waals surface area contributed by atoms with Gasteiger partial charge in [-0.1, -0.05) is 116 Å². The number of unbranched alkanes of at least 4 members (excludes halogenated alkanes) is 1. The van der Waals surface area contributed by atoms with E-state index in [0.29, 0.717) is 18.7 Å². The number of hydrogen-bond donors (Lipinski definition) is 1. The highest BCUT2D eigenvalue weighted by molar-refractivity contribution is 7.92. The Balaban J connectivity index is 1.82. The smallest absolute Gasteiger partial charge is 0.264 e. The van der Waals surface area contributed by atoms with Crippen molar-refractivity contribution in [2.45, 2.75) is 70.9 Å². The van der Waals surface area contributed by atoms with Crippen LogP contribution in [0.2, 0.25) is 0 Å². The van der Waals surface area contributed by atoms with Crippen LogP contribution in [0.5, 0.6) is 0 Å². The van der Waals surface area contributed by atoms with E-state index in [1.54, 1.807) is 41.3 Å². The van der Waals surface area contributed by atoms with Crippen molar-refractivity contribution in [3.8, 4) is 0 Å². The molecule has 4 aromatic rings. The molecule has 0 aliphatic carbocycles. The monoisotopic (exact) mass is 639 g/mol. The molecule has 0 aliphatic rings. The zero-order valence-corrected chi connectivity index (χ0v) is 28.1. The number of benzene rings is 4. The lowest BCUT2D eigenvalue weighted by Crippen LogP contribution is -2.53. The Kier molecular flexibility index (Phi) is 12.1. The molecule has 8 heteroatoms. The van der Waals surface area contributed by atoms with Gasteiger partial charge in [0, 0.05) is 19.5 Å². The Hall–Kier alpha value is -4.43. The number of carbonyl (C=O) groups excluding carboxylic acids is 2. The van der Waals surface area contributed by atoms with Crippen molar-refractivity contribution in [1.82, 2.24) is 10.2 Å². The molecule has 0 spiro atoms. The van der Waals surface area contributed by atoms with Gasteiger partial charge < -0.3 is 10.2 Å². The number of nitrogens with zero attached hydrogens (tertiary/aromatic N) is 2. The van der Waals surface area contributed by atoms with Crippen LogP contribution in [0.1, 0.15) is 54.5 Å². The SMILES string of the molecule is CCCCNC(=O)[C@@H](Cc1ccccc1)N(Cc1cccc(C)c1)C(=O)CN(c1ccccc1CC)S(=O)(=O)c1ccc(C)cc1. The second-order valence-electron chi connectivity index (χ2n) is 11.7. The fourth-order valence-corrected chi connectivity index (χ4v) is 6.92. The van der Waals surface area contributed by atoms with Gasteiger partial charge in [0.05, 0.1) is 10.6 Å². The van der Waals surface area contributed by atoms with Crippen LogP contribution in [0.25, 0.3) is 0 Å². The molecule has 0 aromatic heterocycles. The van der Waals surface area contributed by atoms with E-state index in [9.17, 15) is 18.0 Å². The Morgan fingerprint density at radius 3 is 2.13 bits per heavy atom. The Morgan fingerprint density at radius 1 is 0.783 bits per heavy atom. The van der Waals surface area contributed by atoms with Gasteiger partial charge in [0.15, 0.2) is 0 Å². The molecule has 0 unspecified atom stereocenters. The largest absolute Gasteiger partial charge is 0.354 e. The number of sulfonamides is 1. The third-order valence-electron chi connectivity index (χ3n) is 8.07. The third kappa shape index (κ3) is 8.85. The van der Waals surface area contributed by atoms with Gasteiger partial charge >= 0.3 is 0 Å². The van der Waals surface area contributed by atoms with E-state index < -0.39 is 28.5 Å². The summed E-state index contributed by atoms with van der Waals surface area (Å²) in [6, 6.07) is 30.4. The van der Waals surface area contributed by atoms with Gasteiger partial charge in [0.25, 0.3) is 10.0 Å². The van der Waals surface area contributed by atoms with Crippen LogP contribution in [0.4, 0.5) is 5.69 Å². The molecular weight excluding hydrogens is 595 g/mol. The molecule has 46 heavy (non-hydrogen) atoms. The molecule has 1 N–H and O–H groups in total. The van der Waals surface area contributed by atoms with Crippen LogP contribution < -0.4 is 9.62 Å². The lowest BCUT2D eigenvalue weighted by molar-refractivity contribution is -0.140. The first-order valence-electron chi connectivity index (χ1n) is 16.0. The summed E-state index contributed by atoms with van der Waals surface area (Å²) < 4.78 is 29.8. The van der Waals surface area contributed by atoms with Crippen LogP contribution in [0, 0.1) is 13.8 Å². The first kappa shape index (κ1) is 34.4. The van der Waals surface area contributed by atoms with E-state index in [2.05, 4.69) is 12.2 Å². The fourth-order valence-electron chi connectivity index (χ4n) is 5.47. The molecule has 1 atom stereocenters. The summed E-state index contributed by atoms with van der Waals surface area (Å²) in [6.45, 7) is 8.05. The lowest BCUT2D eigenvalue weighted by atomic mass is 10.0. The summed E-state index contributed by atoms with van der Waals surface area (Å²) in [7, 11) is -4.15. The zero-order valence-electron chi connectivity index (χ0n) is 27.3. The number of hydrogen-bond acceptors (Lipinski definition) is 4. The summed E-state index contributed by atoms with van der Waals surface area (Å²) in [5.74, 6) is -0.727. The summed E-state index contributed by atoms with van der Waals surface area (Å²) in [6.07, 6.45) is 2.59. The van der Waals surface area contributed by atoms with Crippen molar-refractivity contribution >= 4 is 27.5 Å². The van der Waals surface area contributed by atoms with E-state index in [4.69, 9.17) is 0 Å². The van der Waals surface area contributed by atoms with Crippen molar-refractivity contribution in [3.05, 3.63) is 131 Å². The molecule has 0 saturated carbocycles. The maximum atomic E-state index is 14.7. The molecule has 0 saturated heterocycles. The number of anilines is 1. The van der Waals surface area contributed by atoms with Gasteiger partial charge in [-0.2, -0.15) is 0 Å². The number of amides is 2. The average molecular weight is 640 g/mol. The number of para-hydroxylation sites is 1. The summed E-state index contributed by atoms with van der Waals surface area (Å²) in [5.41, 5.74) is 4.96. The minimum atomic E-state index is -4.15. The molecule has 0 bridgehead atoms. The molecule has 0 radical (unpaired) electrons. The highest BCUT2D eigenvalue weighted by Gasteiger charge is 2.35. The van der Waals surface area contributed by atoms with Crippen LogP contribution in [0.3, 0.4) is 0 Å². The van der Waals surface area contributed by atoms with Crippen LogP contribution in [0.15, 0.2) is 108 Å². The van der Waals surface area contributed by atoms with Gasteiger partial charge in [-0.05, 0) is 61.6 Å². The first-order valence-corrected chi connectivity index (χ1v) is 17.4. The average Bonchev–Trinajstić information content (AvgIpc) is 3.05. The highest BCUT2D eigenvalue weighted by Crippen LogP contribution is 2.29. The van der Waals surface area contributed by atoms with E-state index in [0.717, 1.165) is 40.7 Å². The Bertz CT molecular complexity index is 1710. The standard InChI is InChI=1S/C38H45N3O4S/c1-5-7-24-39-38(43)36(26-31-15-9-8-10-16-31)40(27-32-17-13-14-30(4)25-32)37(42)28-41(35-19-12-11-18-33(35)6-2)46(44,45)34-22-20-29(3)21-23-34/h8-23,25,36H,5-7,24,26-28H2,1-4H3,(H,39,43)/t36-/m1/s1. The number of nitrogens with one attached hydrogen (secondary N) is 1. The number of aryl methyl sites for hydroxylation is 3. The molecule has 0 fully saturated rings. The fraction of sp³-hybridized carbons (Fsp3) is 0.316. The van der Waals surface area contributed by atoms with E-state index in [-0.39, 0.29) is 23.8 Å². The predicted molar refractivity (Wildman–Crippen MR) is 185 cm³/mol. The van der Waals surface area contributed by atoms with Crippen molar-refractivity contribution in [2.75, 3.05) is 17.4 Å². The van der Waals surface area contributed by atoms with Gasteiger partial charge in [0.1, 0.15) is 12.6 Å². The molecule has 4 rings (SSSR count). The predicted octanol–water partition coefficient (Wildman–Crippen LogP) is 6.62. The van der Waals surface area contributed by atoms with Gasteiger partial charge in [0.2, 0.25) is 11.8 Å². The molecule has 0 heterocycles. The summed E-state index contributed by atoms with van der Waals surface area (Å²) in [4.78, 5) is 30.2. The second-order valence-corrected chi connectivity index (χ2v) is 13.5. The first-order chi connectivity index (χ1) is 22.1. The lowest BCUT2D eigenvalue weighted by Gasteiger charge is -2.34. The van der Waals surface area contributed by atoms with Gasteiger partial charge in [-0.3, -0.25) is 13.9 Å². The third-order valence-corrected chi connectivity index (χ3v) is 9.84. The summed E-state index contributed by atoms with van der Waals surface area (Å²) in [5, 5.41) is 3.04. The van der Waals surface area contributed by atoms with Gasteiger partial charge in [-0.25, -0.2) is 8.42 Å². The molecule has 2 amide bonds. The molecule has 4 aromatic carbocycles. The van der Waals surface area contributed by atoms with Gasteiger partial charge in [-0.15, -0.1) is 0 Å². The van der Waals surface area contributed by atoms with Crippen LogP contribution in [-0.2, 0) is 39.0 Å². The topological polar surface area (TPSA) is 86.8 Å². The molecule has 7 nitrogen and oxygen atoms in total. The Labute approximate surface area is 274 Å². The van der Waals surface area contributed by atoms with Crippen LogP contribution >= 0.6 is 0 Å². The van der Waals surface area contributed by atoms with Crippen molar-refractivity contribution < 1.29 is 18.0 Å². The Morgan fingerprint density at radius 2 is 1.46 bits per heavy atom. The van der Waals surface area contributed by atoms with Crippen molar-refractivity contribution in [3.63, 3.8) is 0 Å². The molecule has 242 valence electrons. The quantitative estimate of drug-likeness (QED) is 0.148. The number of rotatable bonds is 15. The van der Waals surface area contributed by atoms with Crippen molar-refractivity contribution in [2.24, 2.45) is 0 Å². The molecular formula is C38H45N3O4S. The maximum Gasteiger partial charge on any atom is 0.264 e. The van der Waals surface area contributed by atoms with E-state index in [1.165, 1.54) is 4.31 Å². The van der Waals surface area contributed by atoms with Crippen molar-refractivity contribution in [1.29, 1.82) is 0 Å². The highest BCUT2D eigenvalue weighted by atomic mass is 32.2. The zero-order chi connectivity index (χ0) is 33.1. The normalized spacial score (nSPS) is 11.9.